The first kappa shape index (κ1) is 14.4. The van der Waals surface area contributed by atoms with Gasteiger partial charge in [0.15, 0.2) is 0 Å². The van der Waals surface area contributed by atoms with E-state index in [-0.39, 0.29) is 6.04 Å². The Kier molecular flexibility index (Phi) is 5.53. The van der Waals surface area contributed by atoms with Crippen molar-refractivity contribution in [1.29, 1.82) is 0 Å². The van der Waals surface area contributed by atoms with Crippen molar-refractivity contribution in [2.75, 3.05) is 33.5 Å². The van der Waals surface area contributed by atoms with Crippen LogP contribution in [0, 0.1) is 0 Å². The maximum absolute atomic E-state index is 11.6. The Balaban J connectivity index is 2.25. The fraction of sp³-hybridized carbons (Fsp3) is 0.700. The number of carbonyl (C=O) groups is 3. The number of rotatable bonds is 5. The van der Waals surface area contributed by atoms with Gasteiger partial charge in [-0.3, -0.25) is 10.1 Å². The lowest BCUT2D eigenvalue weighted by Crippen LogP contribution is -2.47. The lowest BCUT2D eigenvalue weighted by atomic mass is 10.2. The van der Waals surface area contributed by atoms with Gasteiger partial charge in [-0.1, -0.05) is 0 Å². The zero-order valence-electron chi connectivity index (χ0n) is 10.0. The molecule has 3 amide bonds. The van der Waals surface area contributed by atoms with Crippen molar-refractivity contribution in [2.45, 2.75) is 12.5 Å². The Labute approximate surface area is 104 Å². The molecule has 1 saturated heterocycles. The van der Waals surface area contributed by atoms with Crippen LogP contribution in [-0.2, 0) is 19.1 Å². The van der Waals surface area contributed by atoms with Crippen LogP contribution in [0.3, 0.4) is 0 Å². The van der Waals surface area contributed by atoms with Gasteiger partial charge in [0, 0.05) is 13.7 Å². The van der Waals surface area contributed by atoms with Gasteiger partial charge in [0.2, 0.25) is 0 Å². The number of ether oxygens (including phenoxy) is 2. The van der Waals surface area contributed by atoms with Crippen LogP contribution in [0.4, 0.5) is 4.79 Å². The number of carboxylic acid groups (broad SMARTS) is 1. The van der Waals surface area contributed by atoms with Crippen LogP contribution in [0.1, 0.15) is 6.42 Å². The number of likely N-dealkylation sites (N-methyl/N-ethyl adjacent to an activating group) is 1. The van der Waals surface area contributed by atoms with E-state index in [1.165, 1.54) is 4.90 Å². The molecule has 1 atom stereocenters. The van der Waals surface area contributed by atoms with E-state index in [1.807, 2.05) is 0 Å². The lowest BCUT2D eigenvalue weighted by Gasteiger charge is -2.22. The fourth-order valence-corrected chi connectivity index (χ4v) is 1.47. The van der Waals surface area contributed by atoms with Gasteiger partial charge in [-0.25, -0.2) is 9.59 Å². The Bertz CT molecular complexity index is 326. The van der Waals surface area contributed by atoms with E-state index >= 15 is 0 Å². The van der Waals surface area contributed by atoms with Crippen LogP contribution in [0.5, 0.6) is 0 Å². The molecule has 0 aromatic rings. The van der Waals surface area contributed by atoms with Gasteiger partial charge in [-0.15, -0.1) is 0 Å². The maximum atomic E-state index is 11.6. The quantitative estimate of drug-likeness (QED) is 0.660. The number of carbonyl (C=O) groups excluding carboxylic acids is 2. The molecule has 1 aliphatic heterocycles. The van der Waals surface area contributed by atoms with Crippen molar-refractivity contribution < 1.29 is 29.0 Å². The van der Waals surface area contributed by atoms with Crippen LogP contribution in [-0.4, -0.2) is 67.4 Å². The fourth-order valence-electron chi connectivity index (χ4n) is 1.47. The number of urea groups is 1. The number of hydrogen-bond acceptors (Lipinski definition) is 5. The third-order valence-electron chi connectivity index (χ3n) is 2.48. The van der Waals surface area contributed by atoms with Gasteiger partial charge in [0.1, 0.15) is 13.2 Å². The monoisotopic (exact) mass is 260 g/mol. The number of nitrogens with zero attached hydrogens (tertiary/aromatic N) is 1. The Morgan fingerprint density at radius 2 is 2.17 bits per heavy atom. The largest absolute Gasteiger partial charge is 0.480 e. The molecule has 0 radical (unpaired) electrons. The van der Waals surface area contributed by atoms with Crippen LogP contribution >= 0.6 is 0 Å². The van der Waals surface area contributed by atoms with E-state index in [1.54, 1.807) is 7.05 Å². The third-order valence-corrected chi connectivity index (χ3v) is 2.48. The van der Waals surface area contributed by atoms with Gasteiger partial charge < -0.3 is 19.5 Å². The molecule has 0 spiro atoms. The first-order valence-corrected chi connectivity index (χ1v) is 5.44. The smallest absolute Gasteiger partial charge is 0.329 e. The van der Waals surface area contributed by atoms with Crippen molar-refractivity contribution in [3.63, 3.8) is 0 Å². The summed E-state index contributed by atoms with van der Waals surface area (Å²) in [5.74, 6) is -1.85. The Hall–Kier alpha value is -1.67. The summed E-state index contributed by atoms with van der Waals surface area (Å²) in [6.07, 6.45) is 0.730. The lowest BCUT2D eigenvalue weighted by molar-refractivity contribution is -0.143. The predicted octanol–water partition coefficient (Wildman–Crippen LogP) is -0.955. The second-order valence-electron chi connectivity index (χ2n) is 3.87. The predicted molar refractivity (Wildman–Crippen MR) is 59.0 cm³/mol. The minimum atomic E-state index is -1.17. The van der Waals surface area contributed by atoms with Gasteiger partial charge in [0.05, 0.1) is 12.6 Å². The molecule has 1 fully saturated rings. The summed E-state index contributed by atoms with van der Waals surface area (Å²) < 4.78 is 9.68. The standard InChI is InChI=1S/C10H16N2O6/c1-12(7-2-3-17-4-7)10(16)11-8(13)5-18-6-9(14)15/h7H,2-6H2,1H3,(H,14,15)(H,11,13,16). The van der Waals surface area contributed by atoms with Gasteiger partial charge in [-0.2, -0.15) is 0 Å². The average molecular weight is 260 g/mol. The molecule has 102 valence electrons. The average Bonchev–Trinajstić information content (AvgIpc) is 2.80. The minimum Gasteiger partial charge on any atom is -0.480 e. The summed E-state index contributed by atoms with van der Waals surface area (Å²) >= 11 is 0. The van der Waals surface area contributed by atoms with Crippen molar-refractivity contribution >= 4 is 17.9 Å². The van der Waals surface area contributed by atoms with Crippen LogP contribution in [0.15, 0.2) is 0 Å². The molecule has 0 bridgehead atoms. The molecular formula is C10H16N2O6. The second-order valence-corrected chi connectivity index (χ2v) is 3.87. The molecule has 1 rings (SSSR count). The highest BCUT2D eigenvalue weighted by molar-refractivity contribution is 5.95. The van der Waals surface area contributed by atoms with E-state index in [0.717, 1.165) is 6.42 Å². The van der Waals surface area contributed by atoms with Crippen LogP contribution < -0.4 is 5.32 Å². The molecule has 0 saturated carbocycles. The van der Waals surface area contributed by atoms with Crippen LogP contribution in [0.25, 0.3) is 0 Å². The molecule has 8 heteroatoms. The molecule has 1 aliphatic rings. The highest BCUT2D eigenvalue weighted by Gasteiger charge is 2.25. The minimum absolute atomic E-state index is 0.0438. The topological polar surface area (TPSA) is 105 Å². The second kappa shape index (κ2) is 6.92. The molecule has 8 nitrogen and oxygen atoms in total. The van der Waals surface area contributed by atoms with Gasteiger partial charge >= 0.3 is 12.0 Å². The molecule has 0 aliphatic carbocycles. The number of imide groups is 1. The summed E-state index contributed by atoms with van der Waals surface area (Å²) in [6.45, 7) is 0.00649. The van der Waals surface area contributed by atoms with Crippen molar-refractivity contribution in [1.82, 2.24) is 10.2 Å². The van der Waals surface area contributed by atoms with E-state index in [2.05, 4.69) is 10.1 Å². The molecule has 0 aromatic heterocycles. The van der Waals surface area contributed by atoms with E-state index < -0.39 is 31.1 Å². The summed E-state index contributed by atoms with van der Waals surface area (Å²) in [4.78, 5) is 34.4. The van der Waals surface area contributed by atoms with E-state index in [4.69, 9.17) is 9.84 Å². The van der Waals surface area contributed by atoms with E-state index in [9.17, 15) is 14.4 Å². The normalized spacial score (nSPS) is 18.4. The first-order valence-electron chi connectivity index (χ1n) is 5.44. The van der Waals surface area contributed by atoms with Crippen molar-refractivity contribution in [3.05, 3.63) is 0 Å². The highest BCUT2D eigenvalue weighted by Crippen LogP contribution is 2.10. The number of amides is 3. The molecule has 2 N–H and O–H groups in total. The number of aliphatic carboxylic acids is 1. The molecule has 1 heterocycles. The number of hydrogen-bond donors (Lipinski definition) is 2. The first-order chi connectivity index (χ1) is 8.50. The third kappa shape index (κ3) is 4.68. The zero-order valence-corrected chi connectivity index (χ0v) is 10.0. The summed E-state index contributed by atoms with van der Waals surface area (Å²) in [7, 11) is 1.57. The summed E-state index contributed by atoms with van der Waals surface area (Å²) in [5, 5.41) is 10.4. The molecule has 1 unspecified atom stereocenters. The van der Waals surface area contributed by atoms with Crippen molar-refractivity contribution in [3.8, 4) is 0 Å². The SMILES string of the molecule is CN(C(=O)NC(=O)COCC(=O)O)C1CCOC1. The maximum Gasteiger partial charge on any atom is 0.329 e. The number of carboxylic acids is 1. The molecule has 18 heavy (non-hydrogen) atoms. The van der Waals surface area contributed by atoms with Gasteiger partial charge in [-0.05, 0) is 6.42 Å². The summed E-state index contributed by atoms with van der Waals surface area (Å²) in [5.41, 5.74) is 0. The van der Waals surface area contributed by atoms with Crippen LogP contribution in [0.2, 0.25) is 0 Å². The molecule has 0 aromatic carbocycles. The Morgan fingerprint density at radius 3 is 2.72 bits per heavy atom. The Morgan fingerprint density at radius 1 is 1.44 bits per heavy atom. The van der Waals surface area contributed by atoms with Crippen molar-refractivity contribution in [2.24, 2.45) is 0 Å². The van der Waals surface area contributed by atoms with Gasteiger partial charge in [0.25, 0.3) is 5.91 Å². The summed E-state index contributed by atoms with van der Waals surface area (Å²) in [6, 6.07) is -0.591. The number of nitrogens with one attached hydrogen (secondary N) is 1. The van der Waals surface area contributed by atoms with E-state index in [0.29, 0.717) is 13.2 Å². The molecular weight excluding hydrogens is 244 g/mol. The zero-order chi connectivity index (χ0) is 13.5. The highest BCUT2D eigenvalue weighted by atomic mass is 16.5.